The average Bonchev–Trinajstić information content (AvgIpc) is 2.29. The van der Waals surface area contributed by atoms with Gasteiger partial charge >= 0.3 is 0 Å². The van der Waals surface area contributed by atoms with E-state index in [0.29, 0.717) is 6.61 Å². The Morgan fingerprint density at radius 1 is 1.31 bits per heavy atom. The minimum Gasteiger partial charge on any atom is -0.367 e. The Morgan fingerprint density at radius 3 is 2.62 bits per heavy atom. The molecule has 1 aromatic carbocycles. The molecular formula is C12H18N2O2. The maximum Gasteiger partial charge on any atom is 0.259 e. The molecule has 1 aromatic rings. The zero-order valence-corrected chi connectivity index (χ0v) is 9.96. The smallest absolute Gasteiger partial charge is 0.259 e. The number of hydrazine groups is 1. The van der Waals surface area contributed by atoms with Crippen LogP contribution in [-0.4, -0.2) is 12.5 Å². The van der Waals surface area contributed by atoms with Crippen molar-refractivity contribution in [1.29, 1.82) is 0 Å². The van der Waals surface area contributed by atoms with Crippen LogP contribution in [0.15, 0.2) is 12.1 Å². The SMILES string of the molecule is Cc1ccc(COCC(=O)NN)c(C)c1C. The molecule has 88 valence electrons. The summed E-state index contributed by atoms with van der Waals surface area (Å²) < 4.78 is 5.26. The quantitative estimate of drug-likeness (QED) is 0.456. The molecule has 0 radical (unpaired) electrons. The van der Waals surface area contributed by atoms with Crippen LogP contribution in [0.5, 0.6) is 0 Å². The molecule has 0 heterocycles. The van der Waals surface area contributed by atoms with E-state index < -0.39 is 0 Å². The van der Waals surface area contributed by atoms with E-state index in [4.69, 9.17) is 10.6 Å². The van der Waals surface area contributed by atoms with Gasteiger partial charge in [-0.25, -0.2) is 5.84 Å². The van der Waals surface area contributed by atoms with E-state index in [9.17, 15) is 4.79 Å². The molecule has 0 bridgehead atoms. The largest absolute Gasteiger partial charge is 0.367 e. The molecular weight excluding hydrogens is 204 g/mol. The molecule has 0 aliphatic rings. The van der Waals surface area contributed by atoms with Crippen LogP contribution < -0.4 is 11.3 Å². The van der Waals surface area contributed by atoms with Crippen molar-refractivity contribution in [1.82, 2.24) is 5.43 Å². The molecule has 0 unspecified atom stereocenters. The summed E-state index contributed by atoms with van der Waals surface area (Å²) in [5, 5.41) is 0. The summed E-state index contributed by atoms with van der Waals surface area (Å²) in [5.74, 6) is 4.63. The lowest BCUT2D eigenvalue weighted by molar-refractivity contribution is -0.126. The van der Waals surface area contributed by atoms with E-state index in [-0.39, 0.29) is 12.5 Å². The highest BCUT2D eigenvalue weighted by Gasteiger charge is 2.05. The van der Waals surface area contributed by atoms with Crippen LogP contribution >= 0.6 is 0 Å². The Labute approximate surface area is 95.8 Å². The summed E-state index contributed by atoms with van der Waals surface area (Å²) in [4.78, 5) is 10.8. The van der Waals surface area contributed by atoms with Crippen LogP contribution in [0.4, 0.5) is 0 Å². The summed E-state index contributed by atoms with van der Waals surface area (Å²) in [6.07, 6.45) is 0. The molecule has 0 saturated heterocycles. The first-order valence-corrected chi connectivity index (χ1v) is 5.19. The number of rotatable bonds is 4. The van der Waals surface area contributed by atoms with Crippen molar-refractivity contribution < 1.29 is 9.53 Å². The summed E-state index contributed by atoms with van der Waals surface area (Å²) >= 11 is 0. The Balaban J connectivity index is 2.61. The highest BCUT2D eigenvalue weighted by Crippen LogP contribution is 2.17. The highest BCUT2D eigenvalue weighted by atomic mass is 16.5. The van der Waals surface area contributed by atoms with Gasteiger partial charge in [0, 0.05) is 0 Å². The lowest BCUT2D eigenvalue weighted by atomic mass is 9.99. The van der Waals surface area contributed by atoms with Gasteiger partial charge in [-0.2, -0.15) is 0 Å². The number of hydrogen-bond acceptors (Lipinski definition) is 3. The molecule has 0 saturated carbocycles. The van der Waals surface area contributed by atoms with E-state index in [1.165, 1.54) is 16.7 Å². The summed E-state index contributed by atoms with van der Waals surface area (Å²) in [6, 6.07) is 4.09. The number of nitrogens with one attached hydrogen (secondary N) is 1. The van der Waals surface area contributed by atoms with Crippen LogP contribution in [0.2, 0.25) is 0 Å². The van der Waals surface area contributed by atoms with Crippen LogP contribution in [0.25, 0.3) is 0 Å². The summed E-state index contributed by atoms with van der Waals surface area (Å²) in [6.45, 7) is 6.64. The van der Waals surface area contributed by atoms with Gasteiger partial charge in [0.2, 0.25) is 0 Å². The van der Waals surface area contributed by atoms with Crippen molar-refractivity contribution >= 4 is 5.91 Å². The van der Waals surface area contributed by atoms with E-state index in [1.807, 2.05) is 11.5 Å². The molecule has 1 amide bonds. The van der Waals surface area contributed by atoms with Crippen LogP contribution in [0.1, 0.15) is 22.3 Å². The first kappa shape index (κ1) is 12.7. The van der Waals surface area contributed by atoms with Gasteiger partial charge in [0.05, 0.1) is 6.61 Å². The van der Waals surface area contributed by atoms with Gasteiger partial charge in [0.25, 0.3) is 5.91 Å². The fourth-order valence-corrected chi connectivity index (χ4v) is 1.46. The van der Waals surface area contributed by atoms with E-state index in [2.05, 4.69) is 26.8 Å². The monoisotopic (exact) mass is 222 g/mol. The van der Waals surface area contributed by atoms with E-state index in [0.717, 1.165) is 5.56 Å². The number of hydrogen-bond donors (Lipinski definition) is 2. The van der Waals surface area contributed by atoms with Gasteiger partial charge < -0.3 is 4.74 Å². The molecule has 4 nitrogen and oxygen atoms in total. The Morgan fingerprint density at radius 2 is 2.00 bits per heavy atom. The van der Waals surface area contributed by atoms with Gasteiger partial charge in [-0.05, 0) is 43.0 Å². The summed E-state index contributed by atoms with van der Waals surface area (Å²) in [7, 11) is 0. The maximum absolute atomic E-state index is 10.8. The number of aryl methyl sites for hydroxylation is 1. The molecule has 0 spiro atoms. The zero-order chi connectivity index (χ0) is 12.1. The normalized spacial score (nSPS) is 10.2. The van der Waals surface area contributed by atoms with Crippen molar-refractivity contribution in [2.45, 2.75) is 27.4 Å². The third kappa shape index (κ3) is 3.05. The van der Waals surface area contributed by atoms with Gasteiger partial charge in [-0.1, -0.05) is 12.1 Å². The molecule has 16 heavy (non-hydrogen) atoms. The predicted octanol–water partition coefficient (Wildman–Crippen LogP) is 1.12. The zero-order valence-electron chi connectivity index (χ0n) is 9.96. The first-order valence-electron chi connectivity index (χ1n) is 5.19. The maximum atomic E-state index is 10.8. The second-order valence-electron chi connectivity index (χ2n) is 3.85. The molecule has 3 N–H and O–H groups in total. The van der Waals surface area contributed by atoms with Crippen molar-refractivity contribution in [2.75, 3.05) is 6.61 Å². The predicted molar refractivity (Wildman–Crippen MR) is 62.6 cm³/mol. The van der Waals surface area contributed by atoms with E-state index in [1.54, 1.807) is 0 Å². The van der Waals surface area contributed by atoms with Crippen LogP contribution in [0, 0.1) is 20.8 Å². The molecule has 0 atom stereocenters. The molecule has 0 fully saturated rings. The number of carbonyl (C=O) groups excluding carboxylic acids is 1. The minimum absolute atomic E-state index is 0.0110. The average molecular weight is 222 g/mol. The highest BCUT2D eigenvalue weighted by molar-refractivity contribution is 5.76. The second-order valence-corrected chi connectivity index (χ2v) is 3.85. The van der Waals surface area contributed by atoms with Crippen LogP contribution in [-0.2, 0) is 16.1 Å². The lowest BCUT2D eigenvalue weighted by Gasteiger charge is -2.11. The van der Waals surface area contributed by atoms with Crippen molar-refractivity contribution in [3.63, 3.8) is 0 Å². The number of nitrogens with two attached hydrogens (primary N) is 1. The number of amides is 1. The van der Waals surface area contributed by atoms with E-state index >= 15 is 0 Å². The standard InChI is InChI=1S/C12H18N2O2/c1-8-4-5-11(10(3)9(8)2)6-16-7-12(15)14-13/h4-5H,6-7,13H2,1-3H3,(H,14,15). The summed E-state index contributed by atoms with van der Waals surface area (Å²) in [5.41, 5.74) is 6.88. The van der Waals surface area contributed by atoms with Gasteiger partial charge in [-0.15, -0.1) is 0 Å². The molecule has 0 aromatic heterocycles. The number of carbonyl (C=O) groups is 1. The molecule has 1 rings (SSSR count). The minimum atomic E-state index is -0.318. The van der Waals surface area contributed by atoms with Crippen molar-refractivity contribution in [2.24, 2.45) is 5.84 Å². The third-order valence-electron chi connectivity index (χ3n) is 2.82. The topological polar surface area (TPSA) is 64.3 Å². The van der Waals surface area contributed by atoms with Gasteiger partial charge in [-0.3, -0.25) is 10.2 Å². The van der Waals surface area contributed by atoms with Crippen molar-refractivity contribution in [3.05, 3.63) is 34.4 Å². The second kappa shape index (κ2) is 5.63. The fourth-order valence-electron chi connectivity index (χ4n) is 1.46. The van der Waals surface area contributed by atoms with Gasteiger partial charge in [0.1, 0.15) is 6.61 Å². The van der Waals surface area contributed by atoms with Crippen LogP contribution in [0.3, 0.4) is 0 Å². The molecule has 0 aliphatic carbocycles. The Hall–Kier alpha value is -1.39. The number of benzene rings is 1. The Kier molecular flexibility index (Phi) is 4.46. The fraction of sp³-hybridized carbons (Fsp3) is 0.417. The molecule has 4 heteroatoms. The third-order valence-corrected chi connectivity index (χ3v) is 2.82. The number of ether oxygens (including phenoxy) is 1. The molecule has 0 aliphatic heterocycles. The first-order chi connectivity index (χ1) is 7.56. The van der Waals surface area contributed by atoms with Gasteiger partial charge in [0.15, 0.2) is 0 Å². The lowest BCUT2D eigenvalue weighted by Crippen LogP contribution is -2.33. The Bertz CT molecular complexity index is 389. The van der Waals surface area contributed by atoms with Crippen molar-refractivity contribution in [3.8, 4) is 0 Å².